The van der Waals surface area contributed by atoms with Crippen LogP contribution in [-0.2, 0) is 16.6 Å². The smallest absolute Gasteiger partial charge is 0.243 e. The molecule has 0 aromatic heterocycles. The number of rotatable bonds is 3. The molecule has 0 aliphatic carbocycles. The fourth-order valence-corrected chi connectivity index (χ4v) is 4.13. The van der Waals surface area contributed by atoms with Crippen LogP contribution in [0.5, 0.6) is 0 Å². The molecule has 0 saturated carbocycles. The maximum Gasteiger partial charge on any atom is 0.243 e. The van der Waals surface area contributed by atoms with Gasteiger partial charge in [0.1, 0.15) is 0 Å². The van der Waals surface area contributed by atoms with Crippen LogP contribution < -0.4 is 5.73 Å². The van der Waals surface area contributed by atoms with E-state index < -0.39 is 10.0 Å². The molecule has 1 aromatic carbocycles. The SMILES string of the molecule is CC1(C)CCN(S(=O)(=O)c2ccc(CN)c(Cl)c2)CC1. The average molecular weight is 317 g/mol. The second-order valence-electron chi connectivity index (χ2n) is 6.03. The van der Waals surface area contributed by atoms with Gasteiger partial charge in [0, 0.05) is 24.7 Å². The largest absolute Gasteiger partial charge is 0.326 e. The van der Waals surface area contributed by atoms with E-state index >= 15 is 0 Å². The van der Waals surface area contributed by atoms with E-state index in [1.54, 1.807) is 16.4 Å². The second-order valence-corrected chi connectivity index (χ2v) is 8.37. The predicted octanol–water partition coefficient (Wildman–Crippen LogP) is 2.61. The molecule has 1 fully saturated rings. The molecule has 112 valence electrons. The van der Waals surface area contributed by atoms with E-state index in [2.05, 4.69) is 13.8 Å². The van der Waals surface area contributed by atoms with Gasteiger partial charge in [-0.2, -0.15) is 4.31 Å². The summed E-state index contributed by atoms with van der Waals surface area (Å²) in [4.78, 5) is 0.249. The molecule has 0 bridgehead atoms. The van der Waals surface area contributed by atoms with Crippen molar-refractivity contribution in [3.63, 3.8) is 0 Å². The number of nitrogens with zero attached hydrogens (tertiary/aromatic N) is 1. The molecule has 0 spiro atoms. The zero-order valence-electron chi connectivity index (χ0n) is 11.9. The van der Waals surface area contributed by atoms with Crippen LogP contribution in [0.4, 0.5) is 0 Å². The fraction of sp³-hybridized carbons (Fsp3) is 0.571. The number of benzene rings is 1. The number of halogens is 1. The number of piperidine rings is 1. The van der Waals surface area contributed by atoms with Gasteiger partial charge in [-0.05, 0) is 36.0 Å². The maximum absolute atomic E-state index is 12.6. The van der Waals surface area contributed by atoms with Crippen molar-refractivity contribution in [2.24, 2.45) is 11.1 Å². The Kier molecular flexibility index (Phi) is 4.44. The number of nitrogens with two attached hydrogens (primary N) is 1. The molecule has 0 radical (unpaired) electrons. The molecular weight excluding hydrogens is 296 g/mol. The third kappa shape index (κ3) is 3.17. The first-order valence-corrected chi connectivity index (χ1v) is 8.57. The summed E-state index contributed by atoms with van der Waals surface area (Å²) in [5.74, 6) is 0. The molecule has 0 amide bonds. The number of hydrogen-bond donors (Lipinski definition) is 1. The summed E-state index contributed by atoms with van der Waals surface area (Å²) in [5, 5.41) is 0.408. The minimum absolute atomic E-state index is 0.215. The van der Waals surface area contributed by atoms with Crippen LogP contribution >= 0.6 is 11.6 Å². The van der Waals surface area contributed by atoms with Crippen LogP contribution in [0.15, 0.2) is 23.1 Å². The van der Waals surface area contributed by atoms with Crippen molar-refractivity contribution < 1.29 is 8.42 Å². The van der Waals surface area contributed by atoms with Gasteiger partial charge >= 0.3 is 0 Å². The van der Waals surface area contributed by atoms with Crippen molar-refractivity contribution >= 4 is 21.6 Å². The Morgan fingerprint density at radius 3 is 2.40 bits per heavy atom. The summed E-state index contributed by atoms with van der Waals surface area (Å²) in [6.45, 7) is 5.77. The van der Waals surface area contributed by atoms with E-state index in [-0.39, 0.29) is 10.3 Å². The quantitative estimate of drug-likeness (QED) is 0.932. The molecule has 1 heterocycles. The lowest BCUT2D eigenvalue weighted by molar-refractivity contribution is 0.196. The van der Waals surface area contributed by atoms with Crippen LogP contribution in [0, 0.1) is 5.41 Å². The molecule has 1 aromatic rings. The summed E-state index contributed by atoms with van der Waals surface area (Å²) >= 11 is 6.06. The number of hydrogen-bond acceptors (Lipinski definition) is 3. The van der Waals surface area contributed by atoms with Crippen LogP contribution in [-0.4, -0.2) is 25.8 Å². The van der Waals surface area contributed by atoms with Gasteiger partial charge in [0.2, 0.25) is 10.0 Å². The topological polar surface area (TPSA) is 63.4 Å². The molecule has 20 heavy (non-hydrogen) atoms. The van der Waals surface area contributed by atoms with Crippen LogP contribution in [0.25, 0.3) is 0 Å². The molecular formula is C14H21ClN2O2S. The van der Waals surface area contributed by atoms with Gasteiger partial charge in [-0.15, -0.1) is 0 Å². The zero-order valence-corrected chi connectivity index (χ0v) is 13.5. The highest BCUT2D eigenvalue weighted by molar-refractivity contribution is 7.89. The highest BCUT2D eigenvalue weighted by atomic mass is 35.5. The van der Waals surface area contributed by atoms with Crippen molar-refractivity contribution in [2.75, 3.05) is 13.1 Å². The zero-order chi connectivity index (χ0) is 15.0. The first-order valence-electron chi connectivity index (χ1n) is 6.75. The van der Waals surface area contributed by atoms with Crippen molar-refractivity contribution in [1.82, 2.24) is 4.31 Å². The lowest BCUT2D eigenvalue weighted by atomic mass is 9.83. The van der Waals surface area contributed by atoms with Crippen LogP contribution in [0.1, 0.15) is 32.3 Å². The molecule has 2 N–H and O–H groups in total. The van der Waals surface area contributed by atoms with Gasteiger partial charge in [-0.3, -0.25) is 0 Å². The summed E-state index contributed by atoms with van der Waals surface area (Å²) in [6, 6.07) is 4.77. The van der Waals surface area contributed by atoms with Crippen LogP contribution in [0.3, 0.4) is 0 Å². The lowest BCUT2D eigenvalue weighted by Gasteiger charge is -2.36. The van der Waals surface area contributed by atoms with Gasteiger partial charge in [-0.1, -0.05) is 31.5 Å². The monoisotopic (exact) mass is 316 g/mol. The van der Waals surface area contributed by atoms with E-state index in [1.165, 1.54) is 6.07 Å². The van der Waals surface area contributed by atoms with Gasteiger partial charge < -0.3 is 5.73 Å². The average Bonchev–Trinajstić information content (AvgIpc) is 2.38. The van der Waals surface area contributed by atoms with Crippen LogP contribution in [0.2, 0.25) is 5.02 Å². The van der Waals surface area contributed by atoms with Crippen molar-refractivity contribution in [1.29, 1.82) is 0 Å². The van der Waals surface area contributed by atoms with E-state index in [0.717, 1.165) is 18.4 Å². The minimum atomic E-state index is -3.45. The Labute approximate surface area is 126 Å². The van der Waals surface area contributed by atoms with Crippen molar-refractivity contribution in [3.05, 3.63) is 28.8 Å². The molecule has 0 unspecified atom stereocenters. The Balaban J connectivity index is 2.25. The predicted molar refractivity (Wildman–Crippen MR) is 81.1 cm³/mol. The molecule has 4 nitrogen and oxygen atoms in total. The van der Waals surface area contributed by atoms with E-state index in [0.29, 0.717) is 24.7 Å². The normalized spacial score (nSPS) is 20.0. The van der Waals surface area contributed by atoms with E-state index in [9.17, 15) is 8.42 Å². The summed E-state index contributed by atoms with van der Waals surface area (Å²) < 4.78 is 26.7. The fourth-order valence-electron chi connectivity index (χ4n) is 2.33. The highest BCUT2D eigenvalue weighted by Crippen LogP contribution is 2.33. The second kappa shape index (κ2) is 5.64. The third-order valence-corrected chi connectivity index (χ3v) is 6.20. The standard InChI is InChI=1S/C14H21ClN2O2S/c1-14(2)5-7-17(8-6-14)20(18,19)12-4-3-11(10-16)13(15)9-12/h3-4,9H,5-8,10,16H2,1-2H3. The van der Waals surface area contributed by atoms with E-state index in [1.807, 2.05) is 0 Å². The maximum atomic E-state index is 12.6. The van der Waals surface area contributed by atoms with Crippen molar-refractivity contribution in [3.8, 4) is 0 Å². The first kappa shape index (κ1) is 15.8. The van der Waals surface area contributed by atoms with Gasteiger partial charge in [0.25, 0.3) is 0 Å². The molecule has 1 aliphatic heterocycles. The van der Waals surface area contributed by atoms with E-state index in [4.69, 9.17) is 17.3 Å². The minimum Gasteiger partial charge on any atom is -0.326 e. The number of sulfonamides is 1. The Bertz CT molecular complexity index is 589. The molecule has 2 rings (SSSR count). The summed E-state index contributed by atoms with van der Waals surface area (Å²) in [7, 11) is -3.45. The van der Waals surface area contributed by atoms with Crippen molar-refractivity contribution in [2.45, 2.75) is 38.1 Å². The summed E-state index contributed by atoms with van der Waals surface area (Å²) in [6.07, 6.45) is 1.75. The molecule has 1 saturated heterocycles. The highest BCUT2D eigenvalue weighted by Gasteiger charge is 2.32. The van der Waals surface area contributed by atoms with Gasteiger partial charge in [0.05, 0.1) is 4.90 Å². The summed E-state index contributed by atoms with van der Waals surface area (Å²) in [5.41, 5.74) is 6.51. The molecule has 1 aliphatic rings. The van der Waals surface area contributed by atoms with Gasteiger partial charge in [0.15, 0.2) is 0 Å². The Morgan fingerprint density at radius 1 is 1.30 bits per heavy atom. The third-order valence-electron chi connectivity index (χ3n) is 3.96. The van der Waals surface area contributed by atoms with Gasteiger partial charge in [-0.25, -0.2) is 8.42 Å². The molecule has 6 heteroatoms. The molecule has 0 atom stereocenters. The Morgan fingerprint density at radius 2 is 1.90 bits per heavy atom. The lowest BCUT2D eigenvalue weighted by Crippen LogP contribution is -2.41. The Hall–Kier alpha value is -0.620. The first-order chi connectivity index (χ1) is 9.26.